The van der Waals surface area contributed by atoms with Gasteiger partial charge in [0, 0.05) is 64.5 Å². The van der Waals surface area contributed by atoms with Gasteiger partial charge in [-0.05, 0) is 100 Å². The molecule has 0 saturated carbocycles. The first-order chi connectivity index (χ1) is 32.1. The Morgan fingerprint density at radius 2 is 1.00 bits per heavy atom. The van der Waals surface area contributed by atoms with Crippen molar-refractivity contribution in [2.24, 2.45) is 11.8 Å². The molecule has 18 heteroatoms. The van der Waals surface area contributed by atoms with Gasteiger partial charge >= 0.3 is 12.4 Å². The molecular weight excluding hydrogens is 875 g/mol. The second-order valence-electron chi connectivity index (χ2n) is 18.6. The van der Waals surface area contributed by atoms with Gasteiger partial charge in [-0.3, -0.25) is 9.59 Å². The fourth-order valence-electron chi connectivity index (χ4n) is 9.68. The van der Waals surface area contributed by atoms with E-state index in [9.17, 15) is 35.9 Å². The molecule has 0 unspecified atom stereocenters. The van der Waals surface area contributed by atoms with Crippen molar-refractivity contribution in [1.29, 1.82) is 0 Å². The first kappa shape index (κ1) is 47.8. The van der Waals surface area contributed by atoms with Crippen LogP contribution in [0.15, 0.2) is 60.7 Å². The Labute approximate surface area is 387 Å². The van der Waals surface area contributed by atoms with Gasteiger partial charge in [0.2, 0.25) is 17.6 Å². The van der Waals surface area contributed by atoms with Crippen LogP contribution in [0.1, 0.15) is 91.7 Å². The average molecular weight is 935 g/mol. The number of carbonyl (C=O) groups is 2. The highest BCUT2D eigenvalue weighted by atomic mass is 19.4. The predicted octanol–water partition coefficient (Wildman–Crippen LogP) is 8.10. The number of piperidine rings is 2. The highest BCUT2D eigenvalue weighted by molar-refractivity contribution is 5.87. The lowest BCUT2D eigenvalue weighted by atomic mass is 9.87. The minimum absolute atomic E-state index is 0.0296. The zero-order valence-electron chi connectivity index (χ0n) is 38.2. The molecule has 2 N–H and O–H groups in total. The van der Waals surface area contributed by atoms with Gasteiger partial charge in [0.05, 0.1) is 5.56 Å². The first-order valence-electron chi connectivity index (χ1n) is 23.7. The minimum Gasteiger partial charge on any atom is -0.356 e. The van der Waals surface area contributed by atoms with Crippen molar-refractivity contribution in [3.63, 3.8) is 0 Å². The van der Waals surface area contributed by atoms with E-state index in [2.05, 4.69) is 61.6 Å². The second-order valence-corrected chi connectivity index (χ2v) is 18.6. The number of rotatable bonds is 16. The number of alkyl halides is 6. The molecule has 360 valence electrons. The number of benzene rings is 2. The predicted molar refractivity (Wildman–Crippen MR) is 245 cm³/mol. The van der Waals surface area contributed by atoms with E-state index in [1.807, 2.05) is 17.9 Å². The largest absolute Gasteiger partial charge is 0.451 e. The number of hydrogen-bond donors (Lipinski definition) is 2. The molecular formula is C49H60F6N10O2. The summed E-state index contributed by atoms with van der Waals surface area (Å²) in [5, 5.41) is 5.89. The highest BCUT2D eigenvalue weighted by Crippen LogP contribution is 2.36. The van der Waals surface area contributed by atoms with Gasteiger partial charge in [-0.15, -0.1) is 0 Å². The summed E-state index contributed by atoms with van der Waals surface area (Å²) in [5.41, 5.74) is 2.27. The van der Waals surface area contributed by atoms with Crippen LogP contribution in [0.25, 0.3) is 0 Å². The Bertz CT molecular complexity index is 2310. The number of aryl methyl sites for hydroxylation is 2. The van der Waals surface area contributed by atoms with Crippen LogP contribution in [-0.2, 0) is 34.8 Å². The van der Waals surface area contributed by atoms with Gasteiger partial charge in [0.1, 0.15) is 41.2 Å². The Kier molecular flexibility index (Phi) is 14.8. The van der Waals surface area contributed by atoms with Crippen molar-refractivity contribution in [2.45, 2.75) is 109 Å². The van der Waals surface area contributed by atoms with Crippen molar-refractivity contribution < 1.29 is 35.9 Å². The van der Waals surface area contributed by atoms with Gasteiger partial charge < -0.3 is 30.2 Å². The number of hydrogen-bond acceptors (Lipinski definition) is 10. The SMILES string of the molecule is Cc1ccc(CCNC(=O)[C@@H]2CCN2c2cc(N3CCC(CCCC4CCN(c5cc(N6CC[C@H]6C(=O)NCCc6ccc(C(F)(F)F)cc6)nc(C(F)(F)F)n5)CC4)CC3)nc(C)n2)cc1. The fourth-order valence-corrected chi connectivity index (χ4v) is 9.68. The maximum Gasteiger partial charge on any atom is 0.451 e. The molecule has 6 heterocycles. The molecule has 0 aliphatic carbocycles. The zero-order chi connectivity index (χ0) is 47.3. The minimum atomic E-state index is -4.78. The molecule has 4 aliphatic rings. The van der Waals surface area contributed by atoms with Crippen molar-refractivity contribution in [3.8, 4) is 0 Å². The lowest BCUT2D eigenvalue weighted by Gasteiger charge is -2.41. The summed E-state index contributed by atoms with van der Waals surface area (Å²) in [4.78, 5) is 51.4. The maximum atomic E-state index is 14.1. The lowest BCUT2D eigenvalue weighted by Crippen LogP contribution is -2.57. The van der Waals surface area contributed by atoms with Crippen LogP contribution in [0.5, 0.6) is 0 Å². The highest BCUT2D eigenvalue weighted by Gasteiger charge is 2.41. The smallest absolute Gasteiger partial charge is 0.356 e. The molecule has 4 aliphatic heterocycles. The van der Waals surface area contributed by atoms with E-state index in [1.54, 1.807) is 11.0 Å². The molecule has 4 saturated heterocycles. The standard InChI is InChI=1S/C49H60F6N10O2/c1-32-6-8-36(9-7-32)14-22-56-45(66)39-20-28-64(39)43-30-41(58-33(2)59-43)62-24-16-34(17-25-62)4-3-5-35-18-26-63(27-19-35)42-31-44(61-47(60-42)49(53,54)55)65-29-21-40(65)46(67)57-23-15-37-10-12-38(13-11-37)48(50,51)52/h6-13,30-31,34-35,39-40H,3-5,14-29H2,1-2H3,(H,56,66)(H,57,67)/t39-,40-/m0/s1. The molecule has 0 bridgehead atoms. The van der Waals surface area contributed by atoms with Crippen LogP contribution in [0.4, 0.5) is 49.6 Å². The molecule has 2 atom stereocenters. The van der Waals surface area contributed by atoms with Gasteiger partial charge in [0.25, 0.3) is 0 Å². The number of amides is 2. The van der Waals surface area contributed by atoms with Gasteiger partial charge in [-0.1, -0.05) is 61.2 Å². The molecule has 12 nitrogen and oxygen atoms in total. The summed E-state index contributed by atoms with van der Waals surface area (Å²) in [6.07, 6.45) is 0.172. The van der Waals surface area contributed by atoms with E-state index in [1.165, 1.54) is 23.3 Å². The molecule has 4 fully saturated rings. The van der Waals surface area contributed by atoms with Crippen LogP contribution in [-0.4, -0.2) is 96.2 Å². The maximum absolute atomic E-state index is 14.1. The second kappa shape index (κ2) is 20.7. The third kappa shape index (κ3) is 12.1. The van der Waals surface area contributed by atoms with Crippen LogP contribution in [0.3, 0.4) is 0 Å². The molecule has 8 rings (SSSR count). The third-order valence-electron chi connectivity index (χ3n) is 13.9. The average Bonchev–Trinajstić information content (AvgIpc) is 3.26. The molecule has 2 aromatic carbocycles. The van der Waals surface area contributed by atoms with E-state index in [4.69, 9.17) is 9.97 Å². The number of aromatic nitrogens is 4. The monoisotopic (exact) mass is 934 g/mol. The van der Waals surface area contributed by atoms with E-state index in [0.29, 0.717) is 62.2 Å². The van der Waals surface area contributed by atoms with Crippen molar-refractivity contribution in [3.05, 3.63) is 94.6 Å². The lowest BCUT2D eigenvalue weighted by molar-refractivity contribution is -0.144. The van der Waals surface area contributed by atoms with E-state index in [-0.39, 0.29) is 36.0 Å². The quantitative estimate of drug-likeness (QED) is 0.107. The van der Waals surface area contributed by atoms with Gasteiger partial charge in [-0.25, -0.2) is 19.9 Å². The van der Waals surface area contributed by atoms with Crippen LogP contribution >= 0.6 is 0 Å². The molecule has 0 radical (unpaired) electrons. The molecule has 4 aromatic rings. The molecule has 2 aromatic heterocycles. The summed E-state index contributed by atoms with van der Waals surface area (Å²) in [7, 11) is 0. The number of nitrogens with one attached hydrogen (secondary N) is 2. The summed E-state index contributed by atoms with van der Waals surface area (Å²) in [5.74, 6) is 2.11. The zero-order valence-corrected chi connectivity index (χ0v) is 38.2. The van der Waals surface area contributed by atoms with Gasteiger partial charge in [0.15, 0.2) is 0 Å². The normalized spacial score (nSPS) is 19.5. The Balaban J connectivity index is 0.765. The van der Waals surface area contributed by atoms with Crippen LogP contribution in [0, 0.1) is 25.7 Å². The molecule has 67 heavy (non-hydrogen) atoms. The summed E-state index contributed by atoms with van der Waals surface area (Å²) in [6, 6.07) is 15.7. The first-order valence-corrected chi connectivity index (χ1v) is 23.7. The molecule has 2 amide bonds. The number of halogens is 6. The van der Waals surface area contributed by atoms with E-state index < -0.39 is 29.8 Å². The summed E-state index contributed by atoms with van der Waals surface area (Å²) < 4.78 is 81.0. The number of nitrogens with zero attached hydrogens (tertiary/aromatic N) is 8. The van der Waals surface area contributed by atoms with E-state index in [0.717, 1.165) is 101 Å². The topological polar surface area (TPSA) is 123 Å². The Morgan fingerprint density at radius 3 is 1.45 bits per heavy atom. The van der Waals surface area contributed by atoms with Gasteiger partial charge in [-0.2, -0.15) is 26.3 Å². The van der Waals surface area contributed by atoms with Crippen molar-refractivity contribution >= 4 is 35.1 Å². The van der Waals surface area contributed by atoms with Crippen LogP contribution < -0.4 is 30.2 Å². The Hall–Kier alpha value is -5.68. The van der Waals surface area contributed by atoms with Crippen LogP contribution in [0.2, 0.25) is 0 Å². The third-order valence-corrected chi connectivity index (χ3v) is 13.9. The fraction of sp³-hybridized carbons (Fsp3) is 0.551. The molecule has 0 spiro atoms. The summed E-state index contributed by atoms with van der Waals surface area (Å²) in [6.45, 7) is 8.79. The van der Waals surface area contributed by atoms with E-state index >= 15 is 0 Å². The van der Waals surface area contributed by atoms with Crippen molar-refractivity contribution in [2.75, 3.05) is 72.0 Å². The Morgan fingerprint density at radius 1 is 0.567 bits per heavy atom. The number of anilines is 4. The van der Waals surface area contributed by atoms with Crippen molar-refractivity contribution in [1.82, 2.24) is 30.6 Å². The number of carbonyl (C=O) groups excluding carboxylic acids is 2. The summed E-state index contributed by atoms with van der Waals surface area (Å²) >= 11 is 0.